The van der Waals surface area contributed by atoms with E-state index >= 15 is 4.39 Å². The van der Waals surface area contributed by atoms with Gasteiger partial charge in [-0.05, 0) is 86.7 Å². The molecule has 3 heterocycles. The van der Waals surface area contributed by atoms with E-state index in [2.05, 4.69) is 20.3 Å². The van der Waals surface area contributed by atoms with Gasteiger partial charge in [-0.1, -0.05) is 12.5 Å². The normalized spacial score (nSPS) is 19.6. The molecule has 5 rings (SSSR count). The van der Waals surface area contributed by atoms with Crippen molar-refractivity contribution in [1.82, 2.24) is 19.9 Å². The van der Waals surface area contributed by atoms with Gasteiger partial charge in [0.05, 0.1) is 0 Å². The Bertz CT molecular complexity index is 1350. The molecule has 0 spiro atoms. The van der Waals surface area contributed by atoms with Crippen molar-refractivity contribution in [1.29, 1.82) is 0 Å². The largest absolute Gasteiger partial charge is 0.443 e. The van der Waals surface area contributed by atoms with E-state index < -0.39 is 17.5 Å². The van der Waals surface area contributed by atoms with Crippen LogP contribution in [0.3, 0.4) is 0 Å². The average Bonchev–Trinajstić information content (AvgIpc) is 2.79. The fourth-order valence-corrected chi connectivity index (χ4v) is 5.33. The number of aryl methyl sites for hydroxylation is 1. The third-order valence-corrected chi connectivity index (χ3v) is 6.87. The molecule has 0 saturated heterocycles. The van der Waals surface area contributed by atoms with E-state index in [0.29, 0.717) is 42.6 Å². The van der Waals surface area contributed by atoms with E-state index in [9.17, 15) is 9.59 Å². The van der Waals surface area contributed by atoms with Crippen LogP contribution in [0, 0.1) is 11.7 Å². The summed E-state index contributed by atoms with van der Waals surface area (Å²) in [6.45, 7) is 7.63. The predicted octanol–water partition coefficient (Wildman–Crippen LogP) is 5.61. The lowest BCUT2D eigenvalue weighted by Crippen LogP contribution is -2.46. The molecule has 0 fully saturated rings. The molecule has 0 aromatic carbocycles. The monoisotopic (exact) mass is 511 g/mol. The highest BCUT2D eigenvalue weighted by Crippen LogP contribution is 2.48. The molecule has 1 aliphatic heterocycles. The number of aromatic nitrogens is 3. The molecule has 2 aliphatic carbocycles. The molecule has 1 atom stereocenters. The van der Waals surface area contributed by atoms with E-state index in [1.54, 1.807) is 33.0 Å². The number of nitrogens with one attached hydrogen (secondary N) is 1. The first kappa shape index (κ1) is 24.4. The number of nitrogens with zero attached hydrogens (tertiary/aromatic N) is 4. The fraction of sp³-hybridized carbons (Fsp3) is 0.423. The van der Waals surface area contributed by atoms with Crippen molar-refractivity contribution < 1.29 is 18.7 Å². The predicted molar refractivity (Wildman–Crippen MR) is 133 cm³/mol. The van der Waals surface area contributed by atoms with Crippen LogP contribution in [0.5, 0.6) is 0 Å². The van der Waals surface area contributed by atoms with Gasteiger partial charge in [0.15, 0.2) is 11.6 Å². The molecule has 10 heteroatoms. The number of imide groups is 1. The van der Waals surface area contributed by atoms with Crippen LogP contribution in [0.2, 0.25) is 5.28 Å². The van der Waals surface area contributed by atoms with Crippen LogP contribution in [0.15, 0.2) is 35.2 Å². The summed E-state index contributed by atoms with van der Waals surface area (Å²) in [6, 6.07) is 1.57. The van der Waals surface area contributed by atoms with E-state index in [4.69, 9.17) is 16.3 Å². The minimum Gasteiger partial charge on any atom is -0.443 e. The van der Waals surface area contributed by atoms with E-state index in [-0.39, 0.29) is 29.5 Å². The number of hydrogen-bond donors (Lipinski definition) is 1. The SMILES string of the molecule is CC1CC2=C(CCc3cnc(Nc4ccnc(Cl)n4)c(F)c32)C2=C1CCN(C(=O)OC(C)(C)C)C2=O. The Kier molecular flexibility index (Phi) is 6.06. The number of carbonyl (C=O) groups is 2. The highest BCUT2D eigenvalue weighted by molar-refractivity contribution is 6.28. The summed E-state index contributed by atoms with van der Waals surface area (Å²) >= 11 is 5.86. The maximum atomic E-state index is 15.9. The summed E-state index contributed by atoms with van der Waals surface area (Å²) < 4.78 is 21.4. The first-order valence-corrected chi connectivity index (χ1v) is 12.3. The molecule has 188 valence electrons. The Morgan fingerprint density at radius 3 is 2.72 bits per heavy atom. The number of fused-ring (bicyclic) bond motifs is 3. The third-order valence-electron chi connectivity index (χ3n) is 6.69. The van der Waals surface area contributed by atoms with Crippen molar-refractivity contribution in [3.8, 4) is 0 Å². The molecule has 1 N–H and O–H groups in total. The van der Waals surface area contributed by atoms with Crippen LogP contribution in [0.4, 0.5) is 20.8 Å². The van der Waals surface area contributed by atoms with Gasteiger partial charge in [0.2, 0.25) is 5.28 Å². The molecule has 0 bridgehead atoms. The minimum atomic E-state index is -0.715. The zero-order chi connectivity index (χ0) is 25.8. The van der Waals surface area contributed by atoms with Crippen molar-refractivity contribution in [3.05, 3.63) is 57.4 Å². The maximum Gasteiger partial charge on any atom is 0.417 e. The highest BCUT2D eigenvalue weighted by atomic mass is 35.5. The molecular formula is C26H27ClFN5O3. The average molecular weight is 512 g/mol. The van der Waals surface area contributed by atoms with Crippen LogP contribution in [-0.4, -0.2) is 44.0 Å². The van der Waals surface area contributed by atoms with Gasteiger partial charge < -0.3 is 10.1 Å². The Balaban J connectivity index is 1.55. The molecule has 0 radical (unpaired) electrons. The summed E-state index contributed by atoms with van der Waals surface area (Å²) in [5, 5.41) is 2.92. The molecular weight excluding hydrogens is 485 g/mol. The second-order valence-corrected chi connectivity index (χ2v) is 10.6. The number of carbonyl (C=O) groups excluding carboxylic acids is 2. The van der Waals surface area contributed by atoms with Crippen molar-refractivity contribution in [2.45, 2.75) is 59.0 Å². The number of amides is 2. The topological polar surface area (TPSA) is 97.3 Å². The highest BCUT2D eigenvalue weighted by Gasteiger charge is 2.41. The summed E-state index contributed by atoms with van der Waals surface area (Å²) in [6.07, 6.45) is 4.81. The Morgan fingerprint density at radius 1 is 1.22 bits per heavy atom. The van der Waals surface area contributed by atoms with Gasteiger partial charge in [-0.15, -0.1) is 0 Å². The Morgan fingerprint density at radius 2 is 2.00 bits per heavy atom. The molecule has 36 heavy (non-hydrogen) atoms. The first-order chi connectivity index (χ1) is 17.0. The maximum absolute atomic E-state index is 15.9. The van der Waals surface area contributed by atoms with Gasteiger partial charge in [0, 0.05) is 30.1 Å². The summed E-state index contributed by atoms with van der Waals surface area (Å²) in [4.78, 5) is 39.7. The molecule has 0 saturated carbocycles. The number of pyridine rings is 1. The lowest BCUT2D eigenvalue weighted by atomic mass is 9.70. The zero-order valence-electron chi connectivity index (χ0n) is 20.6. The number of hydrogen-bond acceptors (Lipinski definition) is 7. The van der Waals surface area contributed by atoms with Crippen LogP contribution >= 0.6 is 11.6 Å². The van der Waals surface area contributed by atoms with Gasteiger partial charge in [-0.25, -0.2) is 29.0 Å². The van der Waals surface area contributed by atoms with Crippen LogP contribution in [0.25, 0.3) is 5.57 Å². The van der Waals surface area contributed by atoms with E-state index in [0.717, 1.165) is 22.3 Å². The Hall–Kier alpha value is -3.33. The van der Waals surface area contributed by atoms with E-state index in [1.807, 2.05) is 6.92 Å². The summed E-state index contributed by atoms with van der Waals surface area (Å²) in [5.41, 5.74) is 3.73. The number of rotatable bonds is 2. The Labute approximate surface area is 213 Å². The van der Waals surface area contributed by atoms with Gasteiger partial charge in [0.1, 0.15) is 11.4 Å². The molecule has 3 aliphatic rings. The standard InChI is InChI=1S/C26H27ClFN5O3/c1-13-11-17-16(20-15(13)8-10-33(23(20)34)25(35)36-26(2,3)4)6-5-14-12-30-22(21(28)19(14)17)31-18-7-9-29-24(27)32-18/h7,9,12-13H,5-6,8,10-11H2,1-4H3,(H,29,30,31,32). The molecule has 1 unspecified atom stereocenters. The van der Waals surface area contributed by atoms with E-state index in [1.165, 1.54) is 11.1 Å². The quantitative estimate of drug-likeness (QED) is 0.523. The second kappa shape index (κ2) is 8.96. The van der Waals surface area contributed by atoms with Crippen molar-refractivity contribution >= 4 is 40.8 Å². The van der Waals surface area contributed by atoms with Gasteiger partial charge in [-0.3, -0.25) is 4.79 Å². The lowest BCUT2D eigenvalue weighted by molar-refractivity contribution is -0.127. The van der Waals surface area contributed by atoms with Gasteiger partial charge >= 0.3 is 6.09 Å². The molecule has 2 aromatic heterocycles. The van der Waals surface area contributed by atoms with Crippen molar-refractivity contribution in [2.75, 3.05) is 11.9 Å². The van der Waals surface area contributed by atoms with Crippen LogP contribution < -0.4 is 5.32 Å². The first-order valence-electron chi connectivity index (χ1n) is 12.0. The van der Waals surface area contributed by atoms with Crippen LogP contribution in [-0.2, 0) is 16.0 Å². The molecule has 8 nitrogen and oxygen atoms in total. The molecule has 2 aromatic rings. The minimum absolute atomic E-state index is 0.0232. The summed E-state index contributed by atoms with van der Waals surface area (Å²) in [5.74, 6) is -0.479. The number of halogens is 2. The number of allylic oxidation sites excluding steroid dienone is 1. The van der Waals surface area contributed by atoms with Crippen molar-refractivity contribution in [2.24, 2.45) is 5.92 Å². The van der Waals surface area contributed by atoms with Crippen LogP contribution in [0.1, 0.15) is 58.1 Å². The third kappa shape index (κ3) is 4.36. The molecule has 2 amide bonds. The number of anilines is 2. The summed E-state index contributed by atoms with van der Waals surface area (Å²) in [7, 11) is 0. The fourth-order valence-electron chi connectivity index (χ4n) is 5.18. The zero-order valence-corrected chi connectivity index (χ0v) is 21.4. The smallest absolute Gasteiger partial charge is 0.417 e. The van der Waals surface area contributed by atoms with Gasteiger partial charge in [0.25, 0.3) is 5.91 Å². The second-order valence-electron chi connectivity index (χ2n) is 10.3. The number of ether oxygens (including phenoxy) is 1. The lowest BCUT2D eigenvalue weighted by Gasteiger charge is -2.39. The van der Waals surface area contributed by atoms with Crippen molar-refractivity contribution in [3.63, 3.8) is 0 Å². The van der Waals surface area contributed by atoms with Gasteiger partial charge in [-0.2, -0.15) is 0 Å².